The maximum atomic E-state index is 12.6. The molecule has 7 nitrogen and oxygen atoms in total. The molecule has 0 fully saturated rings. The molecule has 3 heterocycles. The van der Waals surface area contributed by atoms with E-state index in [1.807, 2.05) is 50.4 Å². The summed E-state index contributed by atoms with van der Waals surface area (Å²) in [7, 11) is 0. The lowest BCUT2D eigenvalue weighted by molar-refractivity contribution is -0.132. The lowest BCUT2D eigenvalue weighted by Crippen LogP contribution is -2.36. The standard InChI is InChI=1S/C21H23N5O2/c1-3-26-19(27)10-14(2)20(24-26)15-4-6-18(7-5-15)23-21(28)25-12-16-8-9-22-11-17(16)13-25/h4-9,11,14H,3,10,12-13H2,1-2H3,(H,23,28)/t14-/m0/s1. The fourth-order valence-electron chi connectivity index (χ4n) is 3.63. The fourth-order valence-corrected chi connectivity index (χ4v) is 3.63. The second kappa shape index (κ2) is 7.42. The number of amides is 3. The van der Waals surface area contributed by atoms with Gasteiger partial charge in [0.1, 0.15) is 0 Å². The molecule has 144 valence electrons. The molecule has 1 aromatic heterocycles. The second-order valence-electron chi connectivity index (χ2n) is 7.21. The number of hydrogen-bond donors (Lipinski definition) is 1. The molecule has 0 saturated carbocycles. The molecule has 0 radical (unpaired) electrons. The molecule has 28 heavy (non-hydrogen) atoms. The number of fused-ring (bicyclic) bond motifs is 1. The first-order chi connectivity index (χ1) is 13.5. The highest BCUT2D eigenvalue weighted by atomic mass is 16.2. The van der Waals surface area contributed by atoms with Gasteiger partial charge >= 0.3 is 6.03 Å². The Labute approximate surface area is 164 Å². The number of pyridine rings is 1. The summed E-state index contributed by atoms with van der Waals surface area (Å²) in [5.41, 5.74) is 4.83. The molecule has 2 aromatic rings. The molecule has 0 saturated heterocycles. The van der Waals surface area contributed by atoms with Crippen LogP contribution in [0.3, 0.4) is 0 Å². The summed E-state index contributed by atoms with van der Waals surface area (Å²) >= 11 is 0. The van der Waals surface area contributed by atoms with Crippen molar-refractivity contribution in [2.75, 3.05) is 11.9 Å². The van der Waals surface area contributed by atoms with Crippen molar-refractivity contribution in [3.05, 3.63) is 59.4 Å². The average Bonchev–Trinajstić information content (AvgIpc) is 3.13. The van der Waals surface area contributed by atoms with E-state index in [9.17, 15) is 9.59 Å². The van der Waals surface area contributed by atoms with E-state index in [1.165, 1.54) is 5.01 Å². The number of anilines is 1. The number of rotatable bonds is 3. The monoisotopic (exact) mass is 377 g/mol. The van der Waals surface area contributed by atoms with E-state index in [0.717, 1.165) is 28.1 Å². The van der Waals surface area contributed by atoms with Crippen molar-refractivity contribution in [3.63, 3.8) is 0 Å². The SMILES string of the molecule is CCN1N=C(c2ccc(NC(=O)N3Cc4ccncc4C3)cc2)[C@@H](C)CC1=O. The van der Waals surface area contributed by atoms with Crippen molar-refractivity contribution in [2.45, 2.75) is 33.4 Å². The minimum atomic E-state index is -0.130. The van der Waals surface area contributed by atoms with Crippen LogP contribution in [0.4, 0.5) is 10.5 Å². The zero-order valence-corrected chi connectivity index (χ0v) is 16.1. The van der Waals surface area contributed by atoms with Crippen LogP contribution >= 0.6 is 0 Å². The van der Waals surface area contributed by atoms with Crippen LogP contribution in [0.15, 0.2) is 47.8 Å². The number of carbonyl (C=O) groups excluding carboxylic acids is 2. The van der Waals surface area contributed by atoms with Gasteiger partial charge in [-0.1, -0.05) is 19.1 Å². The van der Waals surface area contributed by atoms with Crippen molar-refractivity contribution in [3.8, 4) is 0 Å². The van der Waals surface area contributed by atoms with E-state index in [-0.39, 0.29) is 17.9 Å². The van der Waals surface area contributed by atoms with Gasteiger partial charge in [-0.15, -0.1) is 0 Å². The van der Waals surface area contributed by atoms with Gasteiger partial charge in [0.05, 0.1) is 5.71 Å². The number of nitrogens with one attached hydrogen (secondary N) is 1. The van der Waals surface area contributed by atoms with Gasteiger partial charge in [0.15, 0.2) is 0 Å². The van der Waals surface area contributed by atoms with E-state index >= 15 is 0 Å². The number of urea groups is 1. The molecule has 0 bridgehead atoms. The first-order valence-corrected chi connectivity index (χ1v) is 9.52. The van der Waals surface area contributed by atoms with Gasteiger partial charge in [0, 0.05) is 50.1 Å². The maximum Gasteiger partial charge on any atom is 0.322 e. The van der Waals surface area contributed by atoms with Crippen LogP contribution in [-0.2, 0) is 17.9 Å². The number of hydrogen-bond acceptors (Lipinski definition) is 4. The fraction of sp³-hybridized carbons (Fsp3) is 0.333. The molecule has 1 aromatic carbocycles. The third-order valence-electron chi connectivity index (χ3n) is 5.21. The predicted octanol–water partition coefficient (Wildman–Crippen LogP) is 3.22. The van der Waals surface area contributed by atoms with Crippen molar-refractivity contribution in [1.82, 2.24) is 14.9 Å². The summed E-state index contributed by atoms with van der Waals surface area (Å²) in [6, 6.07) is 9.46. The zero-order valence-electron chi connectivity index (χ0n) is 16.1. The Morgan fingerprint density at radius 2 is 1.93 bits per heavy atom. The van der Waals surface area contributed by atoms with Crippen LogP contribution in [0.2, 0.25) is 0 Å². The molecule has 1 N–H and O–H groups in total. The Morgan fingerprint density at radius 1 is 1.18 bits per heavy atom. The molecule has 7 heteroatoms. The Hall–Kier alpha value is -3.22. The van der Waals surface area contributed by atoms with E-state index in [0.29, 0.717) is 26.1 Å². The molecule has 4 rings (SSSR count). The molecule has 1 atom stereocenters. The highest BCUT2D eigenvalue weighted by Gasteiger charge is 2.27. The van der Waals surface area contributed by atoms with Gasteiger partial charge in [-0.2, -0.15) is 5.10 Å². The van der Waals surface area contributed by atoms with Gasteiger partial charge < -0.3 is 10.2 Å². The normalized spacial score (nSPS) is 18.7. The van der Waals surface area contributed by atoms with Crippen molar-refractivity contribution < 1.29 is 9.59 Å². The average molecular weight is 377 g/mol. The molecule has 0 unspecified atom stereocenters. The highest BCUT2D eigenvalue weighted by molar-refractivity contribution is 6.06. The number of nitrogens with zero attached hydrogens (tertiary/aromatic N) is 4. The third kappa shape index (κ3) is 3.47. The number of carbonyl (C=O) groups is 2. The van der Waals surface area contributed by atoms with Crippen LogP contribution in [0.1, 0.15) is 37.0 Å². The first-order valence-electron chi connectivity index (χ1n) is 9.52. The predicted molar refractivity (Wildman–Crippen MR) is 107 cm³/mol. The molecular weight excluding hydrogens is 354 g/mol. The summed E-state index contributed by atoms with van der Waals surface area (Å²) in [5, 5.41) is 8.98. The third-order valence-corrected chi connectivity index (χ3v) is 5.21. The van der Waals surface area contributed by atoms with Crippen molar-refractivity contribution >= 4 is 23.3 Å². The van der Waals surface area contributed by atoms with Gasteiger partial charge in [-0.05, 0) is 41.8 Å². The smallest absolute Gasteiger partial charge is 0.316 e. The molecule has 2 aliphatic rings. The van der Waals surface area contributed by atoms with Crippen LogP contribution < -0.4 is 5.32 Å². The first kappa shape index (κ1) is 18.2. The number of hydrazone groups is 1. The van der Waals surface area contributed by atoms with E-state index < -0.39 is 0 Å². The summed E-state index contributed by atoms with van der Waals surface area (Å²) in [5.74, 6) is 0.136. The zero-order chi connectivity index (χ0) is 19.7. The number of benzene rings is 1. The van der Waals surface area contributed by atoms with E-state index in [2.05, 4.69) is 15.4 Å². The van der Waals surface area contributed by atoms with Gasteiger partial charge in [-0.25, -0.2) is 9.80 Å². The van der Waals surface area contributed by atoms with Gasteiger partial charge in [-0.3, -0.25) is 9.78 Å². The van der Waals surface area contributed by atoms with Crippen molar-refractivity contribution in [2.24, 2.45) is 11.0 Å². The summed E-state index contributed by atoms with van der Waals surface area (Å²) in [6.07, 6.45) is 4.03. The van der Waals surface area contributed by atoms with Gasteiger partial charge in [0.25, 0.3) is 0 Å². The largest absolute Gasteiger partial charge is 0.322 e. The molecule has 3 amide bonds. The second-order valence-corrected chi connectivity index (χ2v) is 7.21. The maximum absolute atomic E-state index is 12.6. The van der Waals surface area contributed by atoms with Gasteiger partial charge in [0.2, 0.25) is 5.91 Å². The Bertz CT molecular complexity index is 913. The Morgan fingerprint density at radius 3 is 2.64 bits per heavy atom. The van der Waals surface area contributed by atoms with E-state index in [1.54, 1.807) is 11.1 Å². The minimum Gasteiger partial charge on any atom is -0.316 e. The summed E-state index contributed by atoms with van der Waals surface area (Å²) < 4.78 is 0. The lowest BCUT2D eigenvalue weighted by Gasteiger charge is -2.26. The highest BCUT2D eigenvalue weighted by Crippen LogP contribution is 2.24. The molecular formula is C21H23N5O2. The van der Waals surface area contributed by atoms with Crippen molar-refractivity contribution in [1.29, 1.82) is 0 Å². The van der Waals surface area contributed by atoms with Crippen LogP contribution in [0.25, 0.3) is 0 Å². The minimum absolute atomic E-state index is 0.0597. The van der Waals surface area contributed by atoms with Crippen LogP contribution in [0, 0.1) is 5.92 Å². The Kier molecular flexibility index (Phi) is 4.81. The molecule has 2 aliphatic heterocycles. The van der Waals surface area contributed by atoms with Crippen LogP contribution in [0.5, 0.6) is 0 Å². The van der Waals surface area contributed by atoms with Crippen LogP contribution in [-0.4, -0.2) is 39.1 Å². The quantitative estimate of drug-likeness (QED) is 0.892. The lowest BCUT2D eigenvalue weighted by atomic mass is 9.93. The van der Waals surface area contributed by atoms with E-state index in [4.69, 9.17) is 0 Å². The summed E-state index contributed by atoms with van der Waals surface area (Å²) in [6.45, 7) is 5.66. The topological polar surface area (TPSA) is 77.9 Å². The molecule has 0 aliphatic carbocycles. The number of aromatic nitrogens is 1. The summed E-state index contributed by atoms with van der Waals surface area (Å²) in [4.78, 5) is 30.4. The molecule has 0 spiro atoms. The Balaban J connectivity index is 1.44.